The van der Waals surface area contributed by atoms with E-state index in [4.69, 9.17) is 17.7 Å². The fourth-order valence-corrected chi connectivity index (χ4v) is 3.38. The summed E-state index contributed by atoms with van der Waals surface area (Å²) in [6.07, 6.45) is 0. The van der Waals surface area contributed by atoms with Gasteiger partial charge in [0.15, 0.2) is 0 Å². The molecule has 0 aromatic heterocycles. The van der Waals surface area contributed by atoms with Gasteiger partial charge >= 0.3 is 9.05 Å². The summed E-state index contributed by atoms with van der Waals surface area (Å²) in [6.45, 7) is 0. The molecule has 0 fully saturated rings. The van der Waals surface area contributed by atoms with Crippen molar-refractivity contribution in [3.8, 4) is 0 Å². The van der Waals surface area contributed by atoms with Crippen molar-refractivity contribution in [2.75, 3.05) is 28.4 Å². The maximum absolute atomic E-state index is 4.86. The molecule has 0 spiro atoms. The van der Waals surface area contributed by atoms with Gasteiger partial charge in [0, 0.05) is 28.4 Å². The largest absolute Gasteiger partial charge is 0.678 e. The average Bonchev–Trinajstić information content (AvgIpc) is 2.63. The minimum Gasteiger partial charge on any atom is -0.355 e. The van der Waals surface area contributed by atoms with Crippen molar-refractivity contribution in [1.82, 2.24) is 0 Å². The van der Waals surface area contributed by atoms with Gasteiger partial charge in [0.2, 0.25) is 0 Å². The Morgan fingerprint density at radius 1 is 0.522 bits per heavy atom. The Bertz CT molecular complexity index is 633. The minimum absolute atomic E-state index is 1.31. The molecule has 3 rings (SSSR count). The number of hydrogen-bond donors (Lipinski definition) is 0. The first-order valence-electron chi connectivity index (χ1n) is 7.26. The van der Waals surface area contributed by atoms with Crippen LogP contribution in [0.25, 0.3) is 21.5 Å². The van der Waals surface area contributed by atoms with E-state index in [1.807, 2.05) is 0 Å². The van der Waals surface area contributed by atoms with E-state index in [1.165, 1.54) is 50.0 Å². The average molecular weight is 330 g/mol. The molecule has 0 aliphatic heterocycles. The fourth-order valence-electron chi connectivity index (χ4n) is 2.38. The predicted octanol–water partition coefficient (Wildman–Crippen LogP) is 4.00. The van der Waals surface area contributed by atoms with Crippen LogP contribution >= 0.6 is 0 Å². The molecule has 23 heavy (non-hydrogen) atoms. The lowest BCUT2D eigenvalue weighted by Crippen LogP contribution is -2.45. The summed E-state index contributed by atoms with van der Waals surface area (Å²) < 4.78 is 19.4. The van der Waals surface area contributed by atoms with Crippen LogP contribution in [0.4, 0.5) is 0 Å². The first-order valence-corrected chi connectivity index (χ1v) is 8.89. The summed E-state index contributed by atoms with van der Waals surface area (Å²) in [7, 11) is 3.26. The normalized spacial score (nSPS) is 11.3. The van der Waals surface area contributed by atoms with E-state index >= 15 is 0 Å². The van der Waals surface area contributed by atoms with Crippen molar-refractivity contribution < 1.29 is 17.7 Å². The summed E-state index contributed by atoms with van der Waals surface area (Å²) in [5, 5.41) is 5.25. The molecule has 0 N–H and O–H groups in total. The topological polar surface area (TPSA) is 36.9 Å². The Morgan fingerprint density at radius 2 is 0.783 bits per heavy atom. The van der Waals surface area contributed by atoms with Gasteiger partial charge in [-0.15, -0.1) is 0 Å². The lowest BCUT2D eigenvalue weighted by molar-refractivity contribution is 0.0226. The molecule has 0 amide bonds. The van der Waals surface area contributed by atoms with Crippen LogP contribution in [0, 0.1) is 0 Å². The first-order chi connectivity index (χ1) is 11.2. The van der Waals surface area contributed by atoms with Crippen LogP contribution in [0.15, 0.2) is 60.7 Å². The summed E-state index contributed by atoms with van der Waals surface area (Å²) in [5.74, 6) is 0. The number of benzene rings is 3. The Kier molecular flexibility index (Phi) is 6.26. The molecule has 122 valence electrons. The number of rotatable bonds is 4. The molecule has 0 radical (unpaired) electrons. The van der Waals surface area contributed by atoms with Crippen LogP contribution in [0.5, 0.6) is 0 Å². The van der Waals surface area contributed by atoms with Gasteiger partial charge < -0.3 is 17.7 Å². The molecule has 0 saturated carbocycles. The highest BCUT2D eigenvalue weighted by molar-refractivity contribution is 6.53. The highest BCUT2D eigenvalue weighted by Gasteiger charge is 2.40. The van der Waals surface area contributed by atoms with Gasteiger partial charge in [-0.1, -0.05) is 48.5 Å². The predicted molar refractivity (Wildman–Crippen MR) is 95.2 cm³/mol. The monoisotopic (exact) mass is 330 g/mol. The standard InChI is InChI=1S/C14H10.C4H12O4Si/c1-2-6-12-10-14-8-4-3-7-13(14)9-11(12)5-1;1-5-9(6-2,7-3)8-4/h1-10H;1-4H3. The first kappa shape index (κ1) is 17.6. The van der Waals surface area contributed by atoms with E-state index in [9.17, 15) is 0 Å². The van der Waals surface area contributed by atoms with Crippen LogP contribution in [0.3, 0.4) is 0 Å². The van der Waals surface area contributed by atoms with Gasteiger partial charge in [-0.05, 0) is 33.7 Å². The second-order valence-electron chi connectivity index (χ2n) is 4.86. The van der Waals surface area contributed by atoms with Gasteiger partial charge in [0.1, 0.15) is 0 Å². The molecular formula is C18H22O4Si. The summed E-state index contributed by atoms with van der Waals surface area (Å²) in [5.41, 5.74) is 0. The zero-order chi connectivity index (χ0) is 16.7. The van der Waals surface area contributed by atoms with Crippen LogP contribution in [0.1, 0.15) is 0 Å². The second-order valence-corrected chi connectivity index (χ2v) is 7.50. The molecule has 0 saturated heterocycles. The van der Waals surface area contributed by atoms with Crippen molar-refractivity contribution in [3.63, 3.8) is 0 Å². The molecule has 3 aromatic carbocycles. The Hall–Kier alpha value is -1.76. The third-order valence-corrected chi connectivity index (χ3v) is 5.61. The van der Waals surface area contributed by atoms with Crippen LogP contribution in [0.2, 0.25) is 0 Å². The lowest BCUT2D eigenvalue weighted by atomic mass is 10.0. The van der Waals surface area contributed by atoms with Crippen molar-refractivity contribution in [1.29, 1.82) is 0 Å². The molecular weight excluding hydrogens is 308 g/mol. The maximum Gasteiger partial charge on any atom is 0.678 e. The molecule has 5 heteroatoms. The second kappa shape index (κ2) is 8.19. The third kappa shape index (κ3) is 4.16. The van der Waals surface area contributed by atoms with E-state index < -0.39 is 9.05 Å². The van der Waals surface area contributed by atoms with Gasteiger partial charge in [-0.25, -0.2) is 0 Å². The number of fused-ring (bicyclic) bond motifs is 2. The molecule has 0 aliphatic carbocycles. The van der Waals surface area contributed by atoms with E-state index in [2.05, 4.69) is 60.7 Å². The van der Waals surface area contributed by atoms with Gasteiger partial charge in [0.05, 0.1) is 0 Å². The van der Waals surface area contributed by atoms with E-state index in [0.717, 1.165) is 0 Å². The van der Waals surface area contributed by atoms with Crippen LogP contribution in [-0.2, 0) is 17.7 Å². The third-order valence-electron chi connectivity index (χ3n) is 3.61. The smallest absolute Gasteiger partial charge is 0.355 e. The van der Waals surface area contributed by atoms with Crippen molar-refractivity contribution in [2.24, 2.45) is 0 Å². The van der Waals surface area contributed by atoms with Crippen molar-refractivity contribution in [2.45, 2.75) is 0 Å². The van der Waals surface area contributed by atoms with Gasteiger partial charge in [-0.2, -0.15) is 0 Å². The molecule has 0 atom stereocenters. The van der Waals surface area contributed by atoms with E-state index in [1.54, 1.807) is 0 Å². The zero-order valence-electron chi connectivity index (χ0n) is 13.9. The maximum atomic E-state index is 4.86. The van der Waals surface area contributed by atoms with E-state index in [-0.39, 0.29) is 0 Å². The molecule has 0 aliphatic rings. The molecule has 3 aromatic rings. The Labute approximate surface area is 138 Å². The lowest BCUT2D eigenvalue weighted by Gasteiger charge is -2.19. The summed E-state index contributed by atoms with van der Waals surface area (Å²) in [6, 6.07) is 21.4. The van der Waals surface area contributed by atoms with Crippen molar-refractivity contribution >= 4 is 30.6 Å². The Morgan fingerprint density at radius 3 is 0.957 bits per heavy atom. The zero-order valence-corrected chi connectivity index (χ0v) is 14.9. The number of hydrogen-bond acceptors (Lipinski definition) is 4. The van der Waals surface area contributed by atoms with E-state index in [0.29, 0.717) is 0 Å². The molecule has 0 heterocycles. The highest BCUT2D eigenvalue weighted by Crippen LogP contribution is 2.22. The molecule has 0 bridgehead atoms. The highest BCUT2D eigenvalue weighted by atomic mass is 28.4. The Balaban J connectivity index is 0.000000188. The minimum atomic E-state index is -2.69. The molecule has 0 unspecified atom stereocenters. The van der Waals surface area contributed by atoms with Gasteiger partial charge in [-0.3, -0.25) is 0 Å². The SMILES string of the molecule is CO[Si](OC)(OC)OC.c1ccc2cc3ccccc3cc2c1. The summed E-state index contributed by atoms with van der Waals surface area (Å²) >= 11 is 0. The summed E-state index contributed by atoms with van der Waals surface area (Å²) in [4.78, 5) is 0. The molecule has 4 nitrogen and oxygen atoms in total. The quantitative estimate of drug-likeness (QED) is 0.535. The van der Waals surface area contributed by atoms with Crippen LogP contribution < -0.4 is 0 Å². The van der Waals surface area contributed by atoms with Gasteiger partial charge in [0.25, 0.3) is 0 Å². The fraction of sp³-hybridized carbons (Fsp3) is 0.222. The van der Waals surface area contributed by atoms with Crippen molar-refractivity contribution in [3.05, 3.63) is 60.7 Å². The van der Waals surface area contributed by atoms with Crippen LogP contribution in [-0.4, -0.2) is 37.5 Å².